The number of benzene rings is 2. The van der Waals surface area contributed by atoms with Crippen molar-refractivity contribution < 1.29 is 19.1 Å². The molecule has 0 aliphatic carbocycles. The predicted octanol–water partition coefficient (Wildman–Crippen LogP) is 5.10. The molecule has 174 valence electrons. The summed E-state index contributed by atoms with van der Waals surface area (Å²) in [5.74, 6) is 0.446. The molecule has 0 saturated heterocycles. The van der Waals surface area contributed by atoms with E-state index in [4.69, 9.17) is 32.7 Å². The fourth-order valence-corrected chi connectivity index (χ4v) is 3.69. The zero-order valence-electron chi connectivity index (χ0n) is 18.7. The molecule has 1 N–H and O–H groups in total. The molecule has 2 aromatic carbocycles. The molecule has 0 bridgehead atoms. The normalized spacial score (nSPS) is 11.5. The lowest BCUT2D eigenvalue weighted by molar-refractivity contribution is -0.143. The molecule has 2 amide bonds. The van der Waals surface area contributed by atoms with E-state index in [9.17, 15) is 9.59 Å². The summed E-state index contributed by atoms with van der Waals surface area (Å²) in [5.41, 5.74) is 0.696. The smallest absolute Gasteiger partial charge is 0.261 e. The predicted molar refractivity (Wildman–Crippen MR) is 127 cm³/mol. The Labute approximate surface area is 199 Å². The van der Waals surface area contributed by atoms with Gasteiger partial charge in [-0.05, 0) is 42.7 Å². The lowest BCUT2D eigenvalue weighted by Gasteiger charge is -2.31. The number of amides is 2. The van der Waals surface area contributed by atoms with Gasteiger partial charge in [-0.3, -0.25) is 9.59 Å². The van der Waals surface area contributed by atoms with Gasteiger partial charge in [-0.1, -0.05) is 61.7 Å². The molecule has 0 aliphatic heterocycles. The van der Waals surface area contributed by atoms with Crippen LogP contribution in [0.5, 0.6) is 11.5 Å². The van der Waals surface area contributed by atoms with Crippen molar-refractivity contribution in [3.8, 4) is 11.5 Å². The molecule has 0 aliphatic rings. The largest absolute Gasteiger partial charge is 0.493 e. The summed E-state index contributed by atoms with van der Waals surface area (Å²) >= 11 is 12.4. The molecule has 0 aromatic heterocycles. The molecular formula is C24H30Cl2N2O4. The molecule has 32 heavy (non-hydrogen) atoms. The number of methoxy groups -OCH3 is 1. The number of para-hydroxylation sites is 2. The second kappa shape index (κ2) is 13.2. The number of hydrogen-bond acceptors (Lipinski definition) is 4. The summed E-state index contributed by atoms with van der Waals surface area (Å²) in [6, 6.07) is 11.5. The SMILES string of the molecule is CCCCNC(=O)C(CC)N(Cc1ccc(Cl)cc1Cl)C(=O)COc1ccccc1OC. The Morgan fingerprint density at radius 1 is 1.09 bits per heavy atom. The molecule has 1 atom stereocenters. The van der Waals surface area contributed by atoms with Crippen LogP contribution in [-0.2, 0) is 16.1 Å². The number of ether oxygens (including phenoxy) is 2. The van der Waals surface area contributed by atoms with Crippen molar-refractivity contribution in [3.05, 3.63) is 58.1 Å². The Bertz CT molecular complexity index is 907. The Hall–Kier alpha value is -2.44. The maximum atomic E-state index is 13.2. The van der Waals surface area contributed by atoms with Gasteiger partial charge in [0.05, 0.1) is 7.11 Å². The molecule has 6 nitrogen and oxygen atoms in total. The van der Waals surface area contributed by atoms with E-state index < -0.39 is 6.04 Å². The molecular weight excluding hydrogens is 451 g/mol. The second-order valence-corrected chi connectivity index (χ2v) is 8.11. The molecule has 0 fully saturated rings. The number of carbonyl (C=O) groups excluding carboxylic acids is 2. The zero-order chi connectivity index (χ0) is 23.5. The molecule has 0 heterocycles. The lowest BCUT2D eigenvalue weighted by atomic mass is 10.1. The Kier molecular flexibility index (Phi) is 10.6. The monoisotopic (exact) mass is 480 g/mol. The molecule has 0 spiro atoms. The van der Waals surface area contributed by atoms with Crippen molar-refractivity contribution in [1.29, 1.82) is 0 Å². The first kappa shape index (κ1) is 25.8. The first-order chi connectivity index (χ1) is 15.4. The van der Waals surface area contributed by atoms with Gasteiger partial charge in [-0.2, -0.15) is 0 Å². The average Bonchev–Trinajstić information content (AvgIpc) is 2.79. The highest BCUT2D eigenvalue weighted by Crippen LogP contribution is 2.27. The van der Waals surface area contributed by atoms with Crippen LogP contribution >= 0.6 is 23.2 Å². The quantitative estimate of drug-likeness (QED) is 0.428. The Morgan fingerprint density at radius 3 is 2.44 bits per heavy atom. The third kappa shape index (κ3) is 7.31. The maximum absolute atomic E-state index is 13.2. The van der Waals surface area contributed by atoms with E-state index in [2.05, 4.69) is 12.2 Å². The average molecular weight is 481 g/mol. The van der Waals surface area contributed by atoms with Crippen LogP contribution < -0.4 is 14.8 Å². The second-order valence-electron chi connectivity index (χ2n) is 7.27. The van der Waals surface area contributed by atoms with Crippen molar-refractivity contribution in [1.82, 2.24) is 10.2 Å². The van der Waals surface area contributed by atoms with Crippen LogP contribution in [0.2, 0.25) is 10.0 Å². The number of unbranched alkanes of at least 4 members (excludes halogenated alkanes) is 1. The summed E-state index contributed by atoms with van der Waals surface area (Å²) in [7, 11) is 1.53. The number of nitrogens with one attached hydrogen (secondary N) is 1. The van der Waals surface area contributed by atoms with E-state index in [0.29, 0.717) is 40.1 Å². The Balaban J connectivity index is 2.24. The van der Waals surface area contributed by atoms with Crippen molar-refractivity contribution in [2.45, 2.75) is 45.7 Å². The van der Waals surface area contributed by atoms with Crippen LogP contribution in [-0.4, -0.2) is 43.0 Å². The van der Waals surface area contributed by atoms with Crippen molar-refractivity contribution in [2.75, 3.05) is 20.3 Å². The number of carbonyl (C=O) groups is 2. The molecule has 2 aromatic rings. The van der Waals surface area contributed by atoms with Crippen LogP contribution in [0.25, 0.3) is 0 Å². The van der Waals surface area contributed by atoms with E-state index in [1.54, 1.807) is 36.4 Å². The number of rotatable bonds is 12. The molecule has 0 saturated carbocycles. The topological polar surface area (TPSA) is 67.9 Å². The van der Waals surface area contributed by atoms with Gasteiger partial charge in [0.25, 0.3) is 5.91 Å². The number of hydrogen-bond donors (Lipinski definition) is 1. The van der Waals surface area contributed by atoms with E-state index >= 15 is 0 Å². The minimum Gasteiger partial charge on any atom is -0.493 e. The first-order valence-electron chi connectivity index (χ1n) is 10.7. The van der Waals surface area contributed by atoms with Gasteiger partial charge in [0, 0.05) is 23.1 Å². The minimum absolute atomic E-state index is 0.157. The van der Waals surface area contributed by atoms with E-state index in [0.717, 1.165) is 12.8 Å². The molecule has 8 heteroatoms. The Morgan fingerprint density at radius 2 is 1.81 bits per heavy atom. The van der Waals surface area contributed by atoms with Gasteiger partial charge >= 0.3 is 0 Å². The molecule has 0 radical (unpaired) electrons. The first-order valence-corrected chi connectivity index (χ1v) is 11.4. The van der Waals surface area contributed by atoms with Gasteiger partial charge in [-0.15, -0.1) is 0 Å². The third-order valence-electron chi connectivity index (χ3n) is 4.99. The lowest BCUT2D eigenvalue weighted by Crippen LogP contribution is -2.50. The summed E-state index contributed by atoms with van der Waals surface area (Å²) in [4.78, 5) is 27.6. The van der Waals surface area contributed by atoms with Crippen LogP contribution in [0.15, 0.2) is 42.5 Å². The molecule has 2 rings (SSSR count). The molecule has 1 unspecified atom stereocenters. The van der Waals surface area contributed by atoms with Crippen LogP contribution in [0.3, 0.4) is 0 Å². The van der Waals surface area contributed by atoms with Gasteiger partial charge < -0.3 is 19.7 Å². The fourth-order valence-electron chi connectivity index (χ4n) is 3.22. The number of nitrogens with zero attached hydrogens (tertiary/aromatic N) is 1. The highest BCUT2D eigenvalue weighted by atomic mass is 35.5. The van der Waals surface area contributed by atoms with Crippen molar-refractivity contribution >= 4 is 35.0 Å². The fraction of sp³-hybridized carbons (Fsp3) is 0.417. The van der Waals surface area contributed by atoms with Gasteiger partial charge in [0.2, 0.25) is 5.91 Å². The third-order valence-corrected chi connectivity index (χ3v) is 5.58. The summed E-state index contributed by atoms with van der Waals surface area (Å²) in [6.45, 7) is 4.40. The maximum Gasteiger partial charge on any atom is 0.261 e. The standard InChI is InChI=1S/C24H30Cl2N2O4/c1-4-6-13-27-24(30)20(5-2)28(15-17-11-12-18(25)14-19(17)26)23(29)16-32-22-10-8-7-9-21(22)31-3/h7-12,14,20H,4-6,13,15-16H2,1-3H3,(H,27,30). The highest BCUT2D eigenvalue weighted by molar-refractivity contribution is 6.35. The van der Waals surface area contributed by atoms with Gasteiger partial charge in [-0.25, -0.2) is 0 Å². The van der Waals surface area contributed by atoms with Gasteiger partial charge in [0.15, 0.2) is 18.1 Å². The number of halogens is 2. The van der Waals surface area contributed by atoms with E-state index in [-0.39, 0.29) is 25.0 Å². The van der Waals surface area contributed by atoms with Crippen molar-refractivity contribution in [2.24, 2.45) is 0 Å². The summed E-state index contributed by atoms with van der Waals surface area (Å²) in [5, 5.41) is 3.86. The van der Waals surface area contributed by atoms with Crippen molar-refractivity contribution in [3.63, 3.8) is 0 Å². The van der Waals surface area contributed by atoms with Crippen LogP contribution in [0.4, 0.5) is 0 Å². The van der Waals surface area contributed by atoms with Crippen LogP contribution in [0.1, 0.15) is 38.7 Å². The summed E-state index contributed by atoms with van der Waals surface area (Å²) in [6.07, 6.45) is 2.28. The van der Waals surface area contributed by atoms with E-state index in [1.807, 2.05) is 13.0 Å². The van der Waals surface area contributed by atoms with E-state index in [1.165, 1.54) is 12.0 Å². The van der Waals surface area contributed by atoms with Gasteiger partial charge in [0.1, 0.15) is 6.04 Å². The van der Waals surface area contributed by atoms with Crippen LogP contribution in [0, 0.1) is 0 Å². The highest BCUT2D eigenvalue weighted by Gasteiger charge is 2.29. The minimum atomic E-state index is -0.660. The zero-order valence-corrected chi connectivity index (χ0v) is 20.2. The summed E-state index contributed by atoms with van der Waals surface area (Å²) < 4.78 is 11.0.